The number of aryl methyl sites for hydroxylation is 1. The molecule has 4 nitrogen and oxygen atoms in total. The molecule has 0 saturated carbocycles. The van der Waals surface area contributed by atoms with E-state index in [1.54, 1.807) is 11.0 Å². The molecule has 0 aliphatic carbocycles. The lowest BCUT2D eigenvalue weighted by Crippen LogP contribution is -2.35. The Kier molecular flexibility index (Phi) is 4.71. The van der Waals surface area contributed by atoms with Crippen molar-refractivity contribution in [1.29, 1.82) is 0 Å². The first-order valence-corrected chi connectivity index (χ1v) is 6.77. The van der Waals surface area contributed by atoms with Crippen LogP contribution in [0.5, 0.6) is 0 Å². The minimum absolute atomic E-state index is 0.0690. The highest BCUT2D eigenvalue weighted by Crippen LogP contribution is 2.28. The molecule has 0 fully saturated rings. The molecule has 5 heteroatoms. The third-order valence-electron chi connectivity index (χ3n) is 3.47. The van der Waals surface area contributed by atoms with Gasteiger partial charge >= 0.3 is 5.97 Å². The molecule has 1 aliphatic rings. The van der Waals surface area contributed by atoms with Gasteiger partial charge in [-0.1, -0.05) is 6.07 Å². The third-order valence-corrected chi connectivity index (χ3v) is 3.47. The summed E-state index contributed by atoms with van der Waals surface area (Å²) in [5, 5.41) is 0. The quantitative estimate of drug-likeness (QED) is 0.795. The predicted molar refractivity (Wildman–Crippen MR) is 72.9 cm³/mol. The largest absolute Gasteiger partial charge is 0.469 e. The summed E-state index contributed by atoms with van der Waals surface area (Å²) < 4.78 is 17.9. The van der Waals surface area contributed by atoms with E-state index in [9.17, 15) is 14.0 Å². The molecule has 1 aromatic rings. The molecular formula is C15H18FNO3. The molecule has 2 rings (SSSR count). The van der Waals surface area contributed by atoms with Crippen molar-refractivity contribution >= 4 is 17.6 Å². The highest BCUT2D eigenvalue weighted by molar-refractivity contribution is 5.94. The number of nitrogens with zero attached hydrogens (tertiary/aromatic N) is 1. The van der Waals surface area contributed by atoms with Crippen LogP contribution in [-0.4, -0.2) is 25.5 Å². The number of anilines is 1. The smallest absolute Gasteiger partial charge is 0.305 e. The van der Waals surface area contributed by atoms with Crippen molar-refractivity contribution in [3.05, 3.63) is 29.6 Å². The van der Waals surface area contributed by atoms with Gasteiger partial charge in [0.2, 0.25) is 5.91 Å². The van der Waals surface area contributed by atoms with Crippen LogP contribution < -0.4 is 4.90 Å². The highest BCUT2D eigenvalue weighted by Gasteiger charge is 2.22. The summed E-state index contributed by atoms with van der Waals surface area (Å²) in [6, 6.07) is 4.56. The maximum absolute atomic E-state index is 13.3. The lowest BCUT2D eigenvalue weighted by molar-refractivity contribution is -0.140. The Bertz CT molecular complexity index is 516. The molecule has 1 heterocycles. The van der Waals surface area contributed by atoms with E-state index in [0.29, 0.717) is 18.7 Å². The van der Waals surface area contributed by atoms with E-state index in [1.807, 2.05) is 0 Å². The molecule has 0 saturated heterocycles. The first kappa shape index (κ1) is 14.5. The van der Waals surface area contributed by atoms with Crippen LogP contribution in [0.4, 0.5) is 10.1 Å². The summed E-state index contributed by atoms with van der Waals surface area (Å²) in [4.78, 5) is 24.8. The number of methoxy groups -OCH3 is 1. The van der Waals surface area contributed by atoms with Crippen LogP contribution in [0.25, 0.3) is 0 Å². The number of fused-ring (bicyclic) bond motifs is 1. The van der Waals surface area contributed by atoms with Crippen molar-refractivity contribution < 1.29 is 18.7 Å². The molecule has 108 valence electrons. The first-order valence-electron chi connectivity index (χ1n) is 6.77. The average Bonchev–Trinajstić information content (AvgIpc) is 2.46. The van der Waals surface area contributed by atoms with Gasteiger partial charge in [-0.05, 0) is 37.0 Å². The molecule has 1 aromatic carbocycles. The number of halogens is 1. The number of ether oxygens (including phenoxy) is 1. The molecule has 0 bridgehead atoms. The fraction of sp³-hybridized carbons (Fsp3) is 0.467. The summed E-state index contributed by atoms with van der Waals surface area (Å²) in [5.41, 5.74) is 1.67. The van der Waals surface area contributed by atoms with E-state index in [4.69, 9.17) is 0 Å². The van der Waals surface area contributed by atoms with Crippen molar-refractivity contribution in [1.82, 2.24) is 0 Å². The van der Waals surface area contributed by atoms with Gasteiger partial charge in [0.15, 0.2) is 0 Å². The predicted octanol–water partition coefficient (Wildman–Crippen LogP) is 2.45. The van der Waals surface area contributed by atoms with Crippen LogP contribution in [0.1, 0.15) is 31.2 Å². The molecule has 0 aromatic heterocycles. The molecular weight excluding hydrogens is 261 g/mol. The second-order valence-electron chi connectivity index (χ2n) is 4.85. The Morgan fingerprint density at radius 3 is 2.90 bits per heavy atom. The molecule has 1 aliphatic heterocycles. The lowest BCUT2D eigenvalue weighted by Gasteiger charge is -2.29. The van der Waals surface area contributed by atoms with Gasteiger partial charge in [0.25, 0.3) is 0 Å². The lowest BCUT2D eigenvalue weighted by atomic mass is 10.0. The van der Waals surface area contributed by atoms with Crippen LogP contribution in [0.3, 0.4) is 0 Å². The number of hydrogen-bond donors (Lipinski definition) is 0. The maximum Gasteiger partial charge on any atom is 0.305 e. The number of carbonyl (C=O) groups excluding carboxylic acids is 2. The maximum atomic E-state index is 13.3. The normalized spacial score (nSPS) is 13.8. The van der Waals surface area contributed by atoms with Gasteiger partial charge in [-0.25, -0.2) is 4.39 Å². The highest BCUT2D eigenvalue weighted by atomic mass is 19.1. The van der Waals surface area contributed by atoms with E-state index < -0.39 is 0 Å². The Morgan fingerprint density at radius 2 is 2.15 bits per heavy atom. The molecule has 0 spiro atoms. The van der Waals surface area contributed by atoms with Crippen LogP contribution in [-0.2, 0) is 20.7 Å². The zero-order valence-corrected chi connectivity index (χ0v) is 11.5. The number of rotatable bonds is 4. The van der Waals surface area contributed by atoms with Gasteiger partial charge in [0.1, 0.15) is 5.82 Å². The Labute approximate surface area is 117 Å². The average molecular weight is 279 g/mol. The number of hydrogen-bond acceptors (Lipinski definition) is 3. The fourth-order valence-electron chi connectivity index (χ4n) is 2.43. The summed E-state index contributed by atoms with van der Waals surface area (Å²) in [6.45, 7) is 0.605. The summed E-state index contributed by atoms with van der Waals surface area (Å²) in [7, 11) is 1.33. The summed E-state index contributed by atoms with van der Waals surface area (Å²) in [5.74, 6) is -0.721. The van der Waals surface area contributed by atoms with Crippen LogP contribution in [0, 0.1) is 5.82 Å². The summed E-state index contributed by atoms with van der Waals surface area (Å²) in [6.07, 6.45) is 2.69. The van der Waals surface area contributed by atoms with Crippen LogP contribution in [0.15, 0.2) is 18.2 Å². The molecule has 0 radical (unpaired) electrons. The van der Waals surface area contributed by atoms with Crippen molar-refractivity contribution in [3.8, 4) is 0 Å². The van der Waals surface area contributed by atoms with Crippen LogP contribution >= 0.6 is 0 Å². The van der Waals surface area contributed by atoms with E-state index in [2.05, 4.69) is 4.74 Å². The van der Waals surface area contributed by atoms with Gasteiger partial charge in [0, 0.05) is 25.1 Å². The monoisotopic (exact) mass is 279 g/mol. The standard InChI is InChI=1S/C15H18FNO3/c1-20-15(19)6-2-5-14(18)17-9-3-4-11-7-8-12(16)10-13(11)17/h7-8,10H,2-6,9H2,1H3. The minimum Gasteiger partial charge on any atom is -0.469 e. The van der Waals surface area contributed by atoms with Gasteiger partial charge in [-0.3, -0.25) is 9.59 Å². The third kappa shape index (κ3) is 3.35. The van der Waals surface area contributed by atoms with E-state index in [-0.39, 0.29) is 30.5 Å². The van der Waals surface area contributed by atoms with Crippen molar-refractivity contribution in [2.24, 2.45) is 0 Å². The molecule has 1 amide bonds. The molecule has 0 atom stereocenters. The number of amides is 1. The van der Waals surface area contributed by atoms with Crippen LogP contribution in [0.2, 0.25) is 0 Å². The number of esters is 1. The van der Waals surface area contributed by atoms with E-state index in [1.165, 1.54) is 19.2 Å². The zero-order chi connectivity index (χ0) is 14.5. The summed E-state index contributed by atoms with van der Waals surface area (Å²) >= 11 is 0. The van der Waals surface area contributed by atoms with Crippen molar-refractivity contribution in [2.75, 3.05) is 18.6 Å². The SMILES string of the molecule is COC(=O)CCCC(=O)N1CCCc2ccc(F)cc21. The Morgan fingerprint density at radius 1 is 1.35 bits per heavy atom. The Balaban J connectivity index is 2.01. The topological polar surface area (TPSA) is 46.6 Å². The fourth-order valence-corrected chi connectivity index (χ4v) is 2.43. The molecule has 0 N–H and O–H groups in total. The van der Waals surface area contributed by atoms with Crippen molar-refractivity contribution in [3.63, 3.8) is 0 Å². The second-order valence-corrected chi connectivity index (χ2v) is 4.85. The first-order chi connectivity index (χ1) is 9.61. The molecule has 20 heavy (non-hydrogen) atoms. The van der Waals surface area contributed by atoms with Gasteiger partial charge < -0.3 is 9.64 Å². The van der Waals surface area contributed by atoms with Gasteiger partial charge in [-0.2, -0.15) is 0 Å². The van der Waals surface area contributed by atoms with E-state index >= 15 is 0 Å². The minimum atomic E-state index is -0.335. The Hall–Kier alpha value is -1.91. The second kappa shape index (κ2) is 6.50. The molecule has 0 unspecified atom stereocenters. The van der Waals surface area contributed by atoms with Gasteiger partial charge in [-0.15, -0.1) is 0 Å². The van der Waals surface area contributed by atoms with Gasteiger partial charge in [0.05, 0.1) is 7.11 Å². The van der Waals surface area contributed by atoms with E-state index in [0.717, 1.165) is 18.4 Å². The number of benzene rings is 1. The zero-order valence-electron chi connectivity index (χ0n) is 11.5. The van der Waals surface area contributed by atoms with Crippen molar-refractivity contribution in [2.45, 2.75) is 32.1 Å². The number of carbonyl (C=O) groups is 2.